The fourth-order valence-electron chi connectivity index (χ4n) is 3.95. The van der Waals surface area contributed by atoms with Crippen LogP contribution in [0.15, 0.2) is 30.6 Å². The van der Waals surface area contributed by atoms with Crippen molar-refractivity contribution >= 4 is 31.5 Å². The summed E-state index contributed by atoms with van der Waals surface area (Å²) in [6.45, 7) is 10.6. The molecule has 0 spiro atoms. The first-order chi connectivity index (χ1) is 14.2. The lowest BCUT2D eigenvalue weighted by molar-refractivity contribution is -0.204. The minimum atomic E-state index is -2.76. The summed E-state index contributed by atoms with van der Waals surface area (Å²) in [5.41, 5.74) is 1.15. The molecule has 1 amide bonds. The van der Waals surface area contributed by atoms with Gasteiger partial charge in [0.15, 0.2) is 8.32 Å². The van der Waals surface area contributed by atoms with E-state index in [0.717, 1.165) is 0 Å². The summed E-state index contributed by atoms with van der Waals surface area (Å²) in [7, 11) is -2.31. The van der Waals surface area contributed by atoms with E-state index in [-0.39, 0.29) is 23.8 Å². The molecule has 4 rings (SSSR count). The second-order valence-corrected chi connectivity index (χ2v) is 15.1. The molecule has 0 unspecified atom stereocenters. The number of amides is 1. The number of carbonyl (C=O) groups is 1. The molecule has 3 heterocycles. The van der Waals surface area contributed by atoms with Gasteiger partial charge in [0.2, 0.25) is 0 Å². The van der Waals surface area contributed by atoms with Crippen LogP contribution in [0.25, 0.3) is 0 Å². The maximum absolute atomic E-state index is 14.0. The molecule has 9 heteroatoms. The van der Waals surface area contributed by atoms with Gasteiger partial charge in [-0.2, -0.15) is 0 Å². The first-order valence-electron chi connectivity index (χ1n) is 10.2. The number of alkyl halides is 2. The summed E-state index contributed by atoms with van der Waals surface area (Å²) in [5.74, 6) is -2.95. The van der Waals surface area contributed by atoms with Gasteiger partial charge in [0, 0.05) is 30.2 Å². The molecule has 0 atom stereocenters. The zero-order valence-electron chi connectivity index (χ0n) is 18.3. The molecule has 5 nitrogen and oxygen atoms in total. The Bertz CT molecular complexity index is 1030. The number of halogens is 3. The van der Waals surface area contributed by atoms with Crippen LogP contribution in [0.5, 0.6) is 0 Å². The van der Waals surface area contributed by atoms with Crippen LogP contribution in [0, 0.1) is 0 Å². The second kappa shape index (κ2) is 7.05. The minimum absolute atomic E-state index is 0.119. The number of anilines is 1. The topological polar surface area (TPSA) is 55.3 Å². The third-order valence-electron chi connectivity index (χ3n) is 6.67. The Hall–Kier alpha value is -1.90. The summed E-state index contributed by atoms with van der Waals surface area (Å²) < 4.78 is 34.5. The van der Waals surface area contributed by atoms with Crippen LogP contribution in [0.1, 0.15) is 55.2 Å². The molecule has 0 saturated heterocycles. The summed E-state index contributed by atoms with van der Waals surface area (Å²) >= 11 is 6.13. The maximum Gasteiger partial charge on any atom is 0.259 e. The Kier molecular flexibility index (Phi) is 5.07. The zero-order chi connectivity index (χ0) is 22.8. The molecular weight excluding hydrogens is 440 g/mol. The molecule has 31 heavy (non-hydrogen) atoms. The SMILES string of the molecule is CC(C)(C)[Si](C)(C)OC1(c2ccc(N3Cc4c(ccnc4Cl)C3=O)cn2)CC(F)(F)C1. The number of rotatable bonds is 4. The third-order valence-corrected chi connectivity index (χ3v) is 11.5. The fourth-order valence-corrected chi connectivity index (χ4v) is 5.70. The van der Waals surface area contributed by atoms with E-state index in [4.69, 9.17) is 16.0 Å². The van der Waals surface area contributed by atoms with Gasteiger partial charge in [0.05, 0.1) is 24.1 Å². The van der Waals surface area contributed by atoms with Crippen molar-refractivity contribution in [3.05, 3.63) is 52.6 Å². The van der Waals surface area contributed by atoms with E-state index < -0.39 is 19.8 Å². The van der Waals surface area contributed by atoms with Crippen molar-refractivity contribution in [1.82, 2.24) is 9.97 Å². The predicted octanol–water partition coefficient (Wildman–Crippen LogP) is 5.94. The highest BCUT2D eigenvalue weighted by atomic mass is 35.5. The molecule has 0 aromatic carbocycles. The second-order valence-electron chi connectivity index (χ2n) is 9.99. The van der Waals surface area contributed by atoms with Gasteiger partial charge in [-0.05, 0) is 36.3 Å². The molecular formula is C22H26ClF2N3O2Si. The molecule has 1 fully saturated rings. The van der Waals surface area contributed by atoms with Crippen molar-refractivity contribution < 1.29 is 18.0 Å². The van der Waals surface area contributed by atoms with Crippen LogP contribution < -0.4 is 4.90 Å². The van der Waals surface area contributed by atoms with Gasteiger partial charge < -0.3 is 9.33 Å². The predicted molar refractivity (Wildman–Crippen MR) is 118 cm³/mol. The van der Waals surface area contributed by atoms with Gasteiger partial charge in [-0.3, -0.25) is 9.78 Å². The smallest absolute Gasteiger partial charge is 0.259 e. The first-order valence-corrected chi connectivity index (χ1v) is 13.5. The monoisotopic (exact) mass is 465 g/mol. The van der Waals surface area contributed by atoms with Crippen LogP contribution in [-0.2, 0) is 16.6 Å². The number of nitrogens with zero attached hydrogens (tertiary/aromatic N) is 3. The molecule has 1 aliphatic carbocycles. The summed E-state index contributed by atoms with van der Waals surface area (Å²) in [6.07, 6.45) is 2.29. The highest BCUT2D eigenvalue weighted by molar-refractivity contribution is 6.74. The van der Waals surface area contributed by atoms with E-state index in [1.165, 1.54) is 6.20 Å². The highest BCUT2D eigenvalue weighted by Crippen LogP contribution is 2.56. The molecule has 2 aromatic heterocycles. The molecule has 1 saturated carbocycles. The average molecular weight is 466 g/mol. The Morgan fingerprint density at radius 3 is 2.35 bits per heavy atom. The quantitative estimate of drug-likeness (QED) is 0.414. The van der Waals surface area contributed by atoms with Crippen molar-refractivity contribution in [2.24, 2.45) is 0 Å². The van der Waals surface area contributed by atoms with Gasteiger partial charge in [0.1, 0.15) is 10.8 Å². The number of carbonyl (C=O) groups excluding carboxylic acids is 1. The number of aromatic nitrogens is 2. The first kappa shape index (κ1) is 22.3. The summed E-state index contributed by atoms with van der Waals surface area (Å²) in [4.78, 5) is 22.9. The molecule has 166 valence electrons. The maximum atomic E-state index is 14.0. The number of fused-ring (bicyclic) bond motifs is 1. The third kappa shape index (κ3) is 3.79. The Balaban J connectivity index is 1.62. The van der Waals surface area contributed by atoms with Crippen LogP contribution >= 0.6 is 11.6 Å². The van der Waals surface area contributed by atoms with E-state index in [1.54, 1.807) is 29.3 Å². The zero-order valence-corrected chi connectivity index (χ0v) is 20.1. The molecule has 2 aromatic rings. The Morgan fingerprint density at radius 1 is 1.16 bits per heavy atom. The minimum Gasteiger partial charge on any atom is -0.405 e. The van der Waals surface area contributed by atoms with Crippen molar-refractivity contribution in [1.29, 1.82) is 0 Å². The molecule has 2 aliphatic rings. The molecule has 0 N–H and O–H groups in total. The highest BCUT2D eigenvalue weighted by Gasteiger charge is 2.62. The number of hydrogen-bond acceptors (Lipinski definition) is 4. The van der Waals surface area contributed by atoms with Gasteiger partial charge >= 0.3 is 0 Å². The van der Waals surface area contributed by atoms with E-state index in [1.807, 2.05) is 0 Å². The van der Waals surface area contributed by atoms with Crippen molar-refractivity contribution in [3.8, 4) is 0 Å². The average Bonchev–Trinajstić information content (AvgIpc) is 2.97. The normalized spacial score (nSPS) is 19.9. The molecule has 1 aliphatic heterocycles. The van der Waals surface area contributed by atoms with E-state index >= 15 is 0 Å². The van der Waals surface area contributed by atoms with Gasteiger partial charge in [-0.25, -0.2) is 13.8 Å². The molecule has 0 bridgehead atoms. The fraction of sp³-hybridized carbons (Fsp3) is 0.500. The lowest BCUT2D eigenvalue weighted by Crippen LogP contribution is -2.58. The standard InChI is InChI=1S/C22H26ClF2N3O2Si/c1-20(2,3)31(4,5)30-21(12-22(24,25)13-21)17-7-6-14(10-27-17)28-11-16-15(19(28)29)8-9-26-18(16)23/h6-10H,11-13H2,1-5H3. The summed E-state index contributed by atoms with van der Waals surface area (Å²) in [5, 5.41) is 0.183. The lowest BCUT2D eigenvalue weighted by Gasteiger charge is -2.52. The number of hydrogen-bond donors (Lipinski definition) is 0. The van der Waals surface area contributed by atoms with Gasteiger partial charge in [0.25, 0.3) is 11.8 Å². The van der Waals surface area contributed by atoms with Gasteiger partial charge in [-0.1, -0.05) is 32.4 Å². The van der Waals surface area contributed by atoms with E-state index in [0.29, 0.717) is 34.2 Å². The van der Waals surface area contributed by atoms with Crippen molar-refractivity contribution in [2.45, 2.75) is 69.8 Å². The van der Waals surface area contributed by atoms with Crippen LogP contribution in [-0.4, -0.2) is 30.1 Å². The van der Waals surface area contributed by atoms with Crippen molar-refractivity contribution in [2.75, 3.05) is 4.90 Å². The summed E-state index contributed by atoms with van der Waals surface area (Å²) in [6, 6.07) is 5.08. The largest absolute Gasteiger partial charge is 0.405 e. The Labute approximate surface area is 186 Å². The number of pyridine rings is 2. The van der Waals surface area contributed by atoms with E-state index in [2.05, 4.69) is 43.8 Å². The van der Waals surface area contributed by atoms with Crippen molar-refractivity contribution in [3.63, 3.8) is 0 Å². The molecule has 0 radical (unpaired) electrons. The van der Waals surface area contributed by atoms with Crippen LogP contribution in [0.3, 0.4) is 0 Å². The Morgan fingerprint density at radius 2 is 1.84 bits per heavy atom. The lowest BCUT2D eigenvalue weighted by atomic mass is 9.74. The van der Waals surface area contributed by atoms with E-state index in [9.17, 15) is 13.6 Å². The van der Waals surface area contributed by atoms with Crippen LogP contribution in [0.4, 0.5) is 14.5 Å². The van der Waals surface area contributed by atoms with Gasteiger partial charge in [-0.15, -0.1) is 0 Å². The van der Waals surface area contributed by atoms with Crippen LogP contribution in [0.2, 0.25) is 23.3 Å².